The van der Waals surface area contributed by atoms with Gasteiger partial charge < -0.3 is 5.73 Å². The van der Waals surface area contributed by atoms with Gasteiger partial charge in [-0.25, -0.2) is 0 Å². The van der Waals surface area contributed by atoms with Gasteiger partial charge in [0.2, 0.25) is 0 Å². The molecule has 0 radical (unpaired) electrons. The highest BCUT2D eigenvalue weighted by atomic mass is 16.1. The molecule has 1 saturated carbocycles. The molecule has 2 heteroatoms. The molecule has 0 heterocycles. The quantitative estimate of drug-likeness (QED) is 0.589. The highest BCUT2D eigenvalue weighted by Gasteiger charge is 2.42. The van der Waals surface area contributed by atoms with E-state index in [-0.39, 0.29) is 5.78 Å². The minimum atomic E-state index is -0.637. The number of ketones is 1. The van der Waals surface area contributed by atoms with Crippen LogP contribution in [0.4, 0.5) is 0 Å². The Morgan fingerprint density at radius 2 is 2.30 bits per heavy atom. The third-order valence-electron chi connectivity index (χ3n) is 2.14. The van der Waals surface area contributed by atoms with Gasteiger partial charge in [-0.15, -0.1) is 0 Å². The predicted molar refractivity (Wildman–Crippen MR) is 40.5 cm³/mol. The summed E-state index contributed by atoms with van der Waals surface area (Å²) in [5.41, 5.74) is 5.12. The molecule has 0 aromatic rings. The molecule has 1 rings (SSSR count). The smallest absolute Gasteiger partial charge is 0.174 e. The van der Waals surface area contributed by atoms with Crippen molar-refractivity contribution >= 4 is 5.78 Å². The van der Waals surface area contributed by atoms with E-state index < -0.39 is 5.54 Å². The van der Waals surface area contributed by atoms with Crippen LogP contribution in [0, 0.1) is 5.92 Å². The number of nitrogens with two attached hydrogens (primary N) is 1. The molecule has 0 amide bonds. The fourth-order valence-electron chi connectivity index (χ4n) is 1.10. The van der Waals surface area contributed by atoms with Crippen LogP contribution in [0.2, 0.25) is 0 Å². The van der Waals surface area contributed by atoms with Crippen molar-refractivity contribution in [3.63, 3.8) is 0 Å². The molecule has 0 aromatic heterocycles. The zero-order valence-electron chi connectivity index (χ0n) is 6.26. The lowest BCUT2D eigenvalue weighted by Crippen LogP contribution is -2.46. The van der Waals surface area contributed by atoms with Crippen LogP contribution in [-0.2, 0) is 4.79 Å². The normalized spacial score (nSPS) is 23.4. The van der Waals surface area contributed by atoms with E-state index in [0.717, 1.165) is 12.8 Å². The third-order valence-corrected chi connectivity index (χ3v) is 2.14. The minimum absolute atomic E-state index is 0.0324. The van der Waals surface area contributed by atoms with Crippen molar-refractivity contribution in [3.05, 3.63) is 12.7 Å². The topological polar surface area (TPSA) is 43.1 Å². The molecule has 1 unspecified atom stereocenters. The molecule has 10 heavy (non-hydrogen) atoms. The maximum Gasteiger partial charge on any atom is 0.174 e. The van der Waals surface area contributed by atoms with Gasteiger partial charge in [-0.1, -0.05) is 6.58 Å². The van der Waals surface area contributed by atoms with Gasteiger partial charge in [-0.2, -0.15) is 0 Å². The Kier molecular flexibility index (Phi) is 1.65. The van der Waals surface area contributed by atoms with Gasteiger partial charge in [-0.05, 0) is 31.8 Å². The average Bonchev–Trinajstić information content (AvgIpc) is 2.66. The summed E-state index contributed by atoms with van der Waals surface area (Å²) in [7, 11) is 0. The second-order valence-corrected chi connectivity index (χ2v) is 3.13. The molecular weight excluding hydrogens is 126 g/mol. The second kappa shape index (κ2) is 2.20. The van der Waals surface area contributed by atoms with Gasteiger partial charge in [0, 0.05) is 0 Å². The van der Waals surface area contributed by atoms with Gasteiger partial charge in [0.05, 0.1) is 5.54 Å². The lowest BCUT2D eigenvalue weighted by molar-refractivity contribution is -0.119. The van der Waals surface area contributed by atoms with Crippen LogP contribution in [0.15, 0.2) is 12.7 Å². The van der Waals surface area contributed by atoms with Crippen LogP contribution in [0.3, 0.4) is 0 Å². The maximum atomic E-state index is 11.1. The van der Waals surface area contributed by atoms with Crippen LogP contribution >= 0.6 is 0 Å². The van der Waals surface area contributed by atoms with Crippen LogP contribution < -0.4 is 5.73 Å². The summed E-state index contributed by atoms with van der Waals surface area (Å²) >= 11 is 0. The van der Waals surface area contributed by atoms with E-state index in [2.05, 4.69) is 6.58 Å². The summed E-state index contributed by atoms with van der Waals surface area (Å²) in [6.07, 6.45) is 3.50. The minimum Gasteiger partial charge on any atom is -0.319 e. The maximum absolute atomic E-state index is 11.1. The Hall–Kier alpha value is -0.630. The van der Waals surface area contributed by atoms with Crippen molar-refractivity contribution < 1.29 is 4.79 Å². The Morgan fingerprint density at radius 1 is 1.80 bits per heavy atom. The first-order chi connectivity index (χ1) is 4.59. The monoisotopic (exact) mass is 139 g/mol. The summed E-state index contributed by atoms with van der Waals surface area (Å²) < 4.78 is 0. The van der Waals surface area contributed by atoms with E-state index in [4.69, 9.17) is 5.73 Å². The molecule has 0 aromatic carbocycles. The Bertz CT molecular complexity index is 168. The second-order valence-electron chi connectivity index (χ2n) is 3.13. The van der Waals surface area contributed by atoms with E-state index >= 15 is 0 Å². The summed E-state index contributed by atoms with van der Waals surface area (Å²) in [4.78, 5) is 11.1. The molecule has 0 bridgehead atoms. The van der Waals surface area contributed by atoms with Crippen molar-refractivity contribution in [2.24, 2.45) is 11.7 Å². The standard InChI is InChI=1S/C8H13NO/c1-3-7(10)8(2,9)6-4-5-6/h3,6H,1,4-5,9H2,2H3. The Balaban J connectivity index is 2.65. The van der Waals surface area contributed by atoms with E-state index in [1.165, 1.54) is 6.08 Å². The molecule has 0 saturated heterocycles. The van der Waals surface area contributed by atoms with E-state index in [1.54, 1.807) is 6.92 Å². The van der Waals surface area contributed by atoms with Crippen molar-refractivity contribution in [2.45, 2.75) is 25.3 Å². The SMILES string of the molecule is C=CC(=O)C(C)(N)C1CC1. The van der Waals surface area contributed by atoms with Crippen molar-refractivity contribution in [1.29, 1.82) is 0 Å². The highest BCUT2D eigenvalue weighted by molar-refractivity contribution is 5.97. The van der Waals surface area contributed by atoms with Crippen LogP contribution in [0.1, 0.15) is 19.8 Å². The van der Waals surface area contributed by atoms with Crippen LogP contribution in [0.5, 0.6) is 0 Å². The van der Waals surface area contributed by atoms with E-state index in [1.807, 2.05) is 0 Å². The zero-order valence-corrected chi connectivity index (χ0v) is 6.26. The first-order valence-corrected chi connectivity index (χ1v) is 3.54. The van der Waals surface area contributed by atoms with Gasteiger partial charge >= 0.3 is 0 Å². The molecule has 1 aliphatic carbocycles. The highest BCUT2D eigenvalue weighted by Crippen LogP contribution is 2.38. The van der Waals surface area contributed by atoms with Crippen LogP contribution in [-0.4, -0.2) is 11.3 Å². The molecule has 0 spiro atoms. The van der Waals surface area contributed by atoms with Crippen molar-refractivity contribution in [3.8, 4) is 0 Å². The van der Waals surface area contributed by atoms with Crippen LogP contribution in [0.25, 0.3) is 0 Å². The van der Waals surface area contributed by atoms with Crippen molar-refractivity contribution in [1.82, 2.24) is 0 Å². The fraction of sp³-hybridized carbons (Fsp3) is 0.625. The number of hydrogen-bond donors (Lipinski definition) is 1. The molecule has 2 N–H and O–H groups in total. The molecular formula is C8H13NO. The summed E-state index contributed by atoms with van der Waals surface area (Å²) in [6.45, 7) is 5.19. The van der Waals surface area contributed by atoms with Crippen molar-refractivity contribution in [2.75, 3.05) is 0 Å². The zero-order chi connectivity index (χ0) is 7.78. The van der Waals surface area contributed by atoms with Gasteiger partial charge in [0.15, 0.2) is 5.78 Å². The lowest BCUT2D eigenvalue weighted by Gasteiger charge is -2.19. The summed E-state index contributed by atoms with van der Waals surface area (Å²) in [6, 6.07) is 0. The first kappa shape index (κ1) is 7.48. The average molecular weight is 139 g/mol. The Labute approximate surface area is 61.1 Å². The van der Waals surface area contributed by atoms with Gasteiger partial charge in [0.25, 0.3) is 0 Å². The molecule has 56 valence electrons. The lowest BCUT2D eigenvalue weighted by atomic mass is 9.92. The fourth-order valence-corrected chi connectivity index (χ4v) is 1.10. The number of hydrogen-bond acceptors (Lipinski definition) is 2. The van der Waals surface area contributed by atoms with Gasteiger partial charge in [0.1, 0.15) is 0 Å². The molecule has 1 atom stereocenters. The first-order valence-electron chi connectivity index (χ1n) is 3.54. The number of carbonyl (C=O) groups excluding carboxylic acids is 1. The summed E-state index contributed by atoms with van der Waals surface area (Å²) in [5, 5.41) is 0. The molecule has 1 fully saturated rings. The number of carbonyl (C=O) groups is 1. The van der Waals surface area contributed by atoms with Gasteiger partial charge in [-0.3, -0.25) is 4.79 Å². The van der Waals surface area contributed by atoms with E-state index in [9.17, 15) is 4.79 Å². The Morgan fingerprint density at radius 3 is 2.60 bits per heavy atom. The molecule has 2 nitrogen and oxygen atoms in total. The third kappa shape index (κ3) is 1.12. The molecule has 0 aliphatic heterocycles. The number of rotatable bonds is 3. The van der Waals surface area contributed by atoms with E-state index in [0.29, 0.717) is 5.92 Å². The summed E-state index contributed by atoms with van der Waals surface area (Å²) in [5.74, 6) is 0.369. The largest absolute Gasteiger partial charge is 0.319 e. The molecule has 1 aliphatic rings. The predicted octanol–water partition coefficient (Wildman–Crippen LogP) is 0.869.